The first-order chi connectivity index (χ1) is 12.4. The van der Waals surface area contributed by atoms with Crippen molar-refractivity contribution >= 4 is 0 Å². The van der Waals surface area contributed by atoms with Gasteiger partial charge in [-0.25, -0.2) is 0 Å². The van der Waals surface area contributed by atoms with Crippen molar-refractivity contribution in [1.82, 2.24) is 0 Å². The van der Waals surface area contributed by atoms with E-state index in [1.165, 1.54) is 44.9 Å². The van der Waals surface area contributed by atoms with E-state index in [2.05, 4.69) is 13.5 Å². The van der Waals surface area contributed by atoms with E-state index < -0.39 is 5.60 Å². The third-order valence-electron chi connectivity index (χ3n) is 9.21. The number of fused-ring (bicyclic) bond motifs is 5. The molecule has 2 N–H and O–H groups in total. The van der Waals surface area contributed by atoms with Crippen LogP contribution in [0.15, 0.2) is 12.2 Å². The van der Waals surface area contributed by atoms with E-state index in [-0.39, 0.29) is 6.61 Å². The molecule has 0 unspecified atom stereocenters. The molecule has 0 saturated heterocycles. The summed E-state index contributed by atoms with van der Waals surface area (Å²) in [6.45, 7) is 7.35. The van der Waals surface area contributed by atoms with Crippen LogP contribution in [0.25, 0.3) is 0 Å². The first kappa shape index (κ1) is 19.0. The van der Waals surface area contributed by atoms with Gasteiger partial charge in [0.25, 0.3) is 0 Å². The van der Waals surface area contributed by atoms with Gasteiger partial charge in [-0.05, 0) is 104 Å². The van der Waals surface area contributed by atoms with Gasteiger partial charge in [0.1, 0.15) is 0 Å². The van der Waals surface area contributed by atoms with E-state index in [4.69, 9.17) is 4.74 Å². The molecule has 3 heteroatoms. The summed E-state index contributed by atoms with van der Waals surface area (Å²) >= 11 is 0. The first-order valence-corrected chi connectivity index (χ1v) is 10.9. The first-order valence-electron chi connectivity index (χ1n) is 10.9. The van der Waals surface area contributed by atoms with Gasteiger partial charge < -0.3 is 14.9 Å². The predicted octanol–water partition coefficient (Wildman–Crippen LogP) is 4.18. The molecule has 4 rings (SSSR count). The molecule has 0 aliphatic heterocycles. The van der Waals surface area contributed by atoms with Crippen LogP contribution in [0.2, 0.25) is 0 Å². The fourth-order valence-corrected chi connectivity index (χ4v) is 8.14. The molecule has 4 aliphatic carbocycles. The highest BCUT2D eigenvalue weighted by atomic mass is 16.5. The summed E-state index contributed by atoms with van der Waals surface area (Å²) < 4.78 is 5.31. The second kappa shape index (κ2) is 6.90. The van der Waals surface area contributed by atoms with Gasteiger partial charge in [0.05, 0.1) is 18.8 Å². The molecule has 4 saturated carbocycles. The van der Waals surface area contributed by atoms with Crippen molar-refractivity contribution in [3.05, 3.63) is 12.2 Å². The van der Waals surface area contributed by atoms with Crippen molar-refractivity contribution in [3.63, 3.8) is 0 Å². The molecule has 4 aliphatic rings. The average Bonchev–Trinajstić information content (AvgIpc) is 2.98. The Morgan fingerprint density at radius 2 is 1.81 bits per heavy atom. The highest BCUT2D eigenvalue weighted by Gasteiger charge is 2.57. The van der Waals surface area contributed by atoms with Crippen molar-refractivity contribution in [2.75, 3.05) is 20.3 Å². The summed E-state index contributed by atoms with van der Waals surface area (Å²) in [7, 11) is 1.71. The van der Waals surface area contributed by atoms with Crippen molar-refractivity contribution in [2.24, 2.45) is 40.9 Å². The van der Waals surface area contributed by atoms with Crippen LogP contribution >= 0.6 is 0 Å². The Hall–Kier alpha value is -0.380. The zero-order valence-corrected chi connectivity index (χ0v) is 16.8. The van der Waals surface area contributed by atoms with E-state index in [0.717, 1.165) is 42.1 Å². The van der Waals surface area contributed by atoms with Gasteiger partial charge in [-0.1, -0.05) is 13.5 Å². The zero-order valence-electron chi connectivity index (χ0n) is 16.8. The smallest absolute Gasteiger partial charge is 0.0882 e. The minimum atomic E-state index is -0.580. The Balaban J connectivity index is 1.50. The van der Waals surface area contributed by atoms with E-state index in [1.807, 2.05) is 0 Å². The second-order valence-corrected chi connectivity index (χ2v) is 10.3. The largest absolute Gasteiger partial charge is 0.392 e. The maximum absolute atomic E-state index is 10.9. The molecule has 4 fully saturated rings. The second-order valence-electron chi connectivity index (χ2n) is 10.3. The number of ether oxygens (including phenoxy) is 1. The molecule has 0 aromatic rings. The van der Waals surface area contributed by atoms with Gasteiger partial charge >= 0.3 is 0 Å². The van der Waals surface area contributed by atoms with Gasteiger partial charge in [0.15, 0.2) is 0 Å². The fourth-order valence-electron chi connectivity index (χ4n) is 8.14. The van der Waals surface area contributed by atoms with Crippen molar-refractivity contribution < 1.29 is 14.9 Å². The lowest BCUT2D eigenvalue weighted by atomic mass is 9.48. The third-order valence-corrected chi connectivity index (χ3v) is 9.21. The maximum atomic E-state index is 10.9. The van der Waals surface area contributed by atoms with Crippen LogP contribution in [0.4, 0.5) is 0 Å². The molecule has 8 atom stereocenters. The summed E-state index contributed by atoms with van der Waals surface area (Å²) in [5, 5.41) is 20.5. The van der Waals surface area contributed by atoms with Crippen molar-refractivity contribution in [1.29, 1.82) is 0 Å². The number of hydrogen-bond acceptors (Lipinski definition) is 3. The molecule has 26 heavy (non-hydrogen) atoms. The van der Waals surface area contributed by atoms with E-state index >= 15 is 0 Å². The minimum absolute atomic E-state index is 0.157. The number of aliphatic hydroxyl groups is 2. The Bertz CT molecular complexity index is 546. The molecule has 0 amide bonds. The molecule has 0 heterocycles. The maximum Gasteiger partial charge on any atom is 0.0882 e. The Labute approximate surface area is 159 Å². The standard InChI is InChI=1S/C23H38O3/c1-15(13-24)20-6-7-21-19-5-4-16-12-23(25,14-26-3)11-9-17(16)18(19)8-10-22(20,21)2/h16-21,24-25H,1,4-14H2,2-3H3/t16-,17+,18-,19-,20-,21+,22-,23-/m1/s1. The predicted molar refractivity (Wildman–Crippen MR) is 104 cm³/mol. The zero-order chi connectivity index (χ0) is 18.5. The molecule has 3 nitrogen and oxygen atoms in total. The molecule has 0 spiro atoms. The molecule has 0 radical (unpaired) electrons. The summed E-state index contributed by atoms with van der Waals surface area (Å²) in [4.78, 5) is 0. The normalized spacial score (nSPS) is 50.6. The van der Waals surface area contributed by atoms with Crippen LogP contribution in [0.3, 0.4) is 0 Å². The summed E-state index contributed by atoms with van der Waals surface area (Å²) in [6, 6.07) is 0. The van der Waals surface area contributed by atoms with Gasteiger partial charge in [-0.15, -0.1) is 0 Å². The highest BCUT2D eigenvalue weighted by Crippen LogP contribution is 2.65. The lowest BCUT2D eigenvalue weighted by Crippen LogP contribution is -2.52. The highest BCUT2D eigenvalue weighted by molar-refractivity contribution is 5.15. The number of methoxy groups -OCH3 is 1. The lowest BCUT2D eigenvalue weighted by Gasteiger charge is -2.57. The van der Waals surface area contributed by atoms with Gasteiger partial charge in [0.2, 0.25) is 0 Å². The SMILES string of the molecule is C=C(CO)[C@H]1CC[C@H]2[C@@H]3CC[C@@H]4C[C@@](O)(COC)CC[C@@H]4[C@H]3CC[C@]12C. The molecule has 148 valence electrons. The Kier molecular flexibility index (Phi) is 5.03. The van der Waals surface area contributed by atoms with Crippen LogP contribution in [0.5, 0.6) is 0 Å². The number of aliphatic hydroxyl groups excluding tert-OH is 1. The number of hydrogen-bond donors (Lipinski definition) is 2. The summed E-state index contributed by atoms with van der Waals surface area (Å²) in [6.07, 6.45) is 10.9. The van der Waals surface area contributed by atoms with Crippen LogP contribution < -0.4 is 0 Å². The molecule has 0 bridgehead atoms. The molecule has 0 aromatic carbocycles. The van der Waals surface area contributed by atoms with Crippen LogP contribution in [0, 0.1) is 40.9 Å². The van der Waals surface area contributed by atoms with Crippen LogP contribution in [0.1, 0.15) is 64.7 Å². The van der Waals surface area contributed by atoms with Crippen molar-refractivity contribution in [2.45, 2.75) is 70.3 Å². The number of rotatable bonds is 4. The fraction of sp³-hybridized carbons (Fsp3) is 0.913. The molecule has 0 aromatic heterocycles. The van der Waals surface area contributed by atoms with E-state index in [9.17, 15) is 10.2 Å². The topological polar surface area (TPSA) is 49.7 Å². The molecular weight excluding hydrogens is 324 g/mol. The summed E-state index contributed by atoms with van der Waals surface area (Å²) in [5.74, 6) is 4.57. The average molecular weight is 363 g/mol. The van der Waals surface area contributed by atoms with Crippen LogP contribution in [-0.2, 0) is 4.74 Å². The Morgan fingerprint density at radius 1 is 1.04 bits per heavy atom. The minimum Gasteiger partial charge on any atom is -0.392 e. The monoisotopic (exact) mass is 362 g/mol. The van der Waals surface area contributed by atoms with E-state index in [0.29, 0.717) is 23.9 Å². The van der Waals surface area contributed by atoms with Gasteiger partial charge in [-0.3, -0.25) is 0 Å². The Morgan fingerprint density at radius 3 is 2.54 bits per heavy atom. The quantitative estimate of drug-likeness (QED) is 0.738. The molecular formula is C23H38O3. The van der Waals surface area contributed by atoms with Gasteiger partial charge in [-0.2, -0.15) is 0 Å². The lowest BCUT2D eigenvalue weighted by molar-refractivity contribution is -0.123. The van der Waals surface area contributed by atoms with E-state index in [1.54, 1.807) is 7.11 Å². The van der Waals surface area contributed by atoms with Crippen molar-refractivity contribution in [3.8, 4) is 0 Å². The summed E-state index contributed by atoms with van der Waals surface area (Å²) in [5.41, 5.74) is 0.854. The van der Waals surface area contributed by atoms with Crippen LogP contribution in [-0.4, -0.2) is 36.1 Å². The van der Waals surface area contributed by atoms with Gasteiger partial charge in [0, 0.05) is 7.11 Å². The third kappa shape index (κ3) is 2.89.